The van der Waals surface area contributed by atoms with Crippen LogP contribution in [0.2, 0.25) is 0 Å². The van der Waals surface area contributed by atoms with Crippen molar-refractivity contribution in [2.24, 2.45) is 4.58 Å². The summed E-state index contributed by atoms with van der Waals surface area (Å²) < 4.78 is 6.49. The van der Waals surface area contributed by atoms with Crippen LogP contribution in [0, 0.1) is 4.91 Å². The van der Waals surface area contributed by atoms with E-state index in [2.05, 4.69) is 15.2 Å². The molecule has 0 aromatic heterocycles. The van der Waals surface area contributed by atoms with Crippen LogP contribution in [-0.2, 0) is 14.3 Å². The van der Waals surface area contributed by atoms with Crippen LogP contribution in [0.4, 0.5) is 0 Å². The topological polar surface area (TPSA) is 178 Å². The van der Waals surface area contributed by atoms with Gasteiger partial charge >= 0.3 is 0 Å². The lowest BCUT2D eigenvalue weighted by molar-refractivity contribution is -0.254. The van der Waals surface area contributed by atoms with E-state index in [0.717, 1.165) is 0 Å². The number of carbonyl (C=O) groups excluding carboxylic acids is 2. The number of aliphatic hydroxyl groups excluding tert-OH is 4. The van der Waals surface area contributed by atoms with Gasteiger partial charge in [0.05, 0.1) is 11.4 Å². The Bertz CT molecular complexity index is 506. The number of carbonyl (C=O) groups is 2. The molecular weight excluding hydrogens is 358 g/mol. The second-order valence-electron chi connectivity index (χ2n) is 6.17. The molecule has 6 N–H and O–H groups in total. The monoisotopic (exact) mass is 381 g/mol. The van der Waals surface area contributed by atoms with Crippen LogP contribution in [0.3, 0.4) is 0 Å². The molecule has 1 fully saturated rings. The molecule has 12 heteroatoms. The zero-order valence-corrected chi connectivity index (χ0v) is 14.8. The summed E-state index contributed by atoms with van der Waals surface area (Å²) in [4.78, 5) is 34.4. The van der Waals surface area contributed by atoms with Crippen LogP contribution >= 0.6 is 11.9 Å². The lowest BCUT2D eigenvalue weighted by Crippen LogP contribution is -2.67. The zero-order chi connectivity index (χ0) is 19.4. The zero-order valence-electron chi connectivity index (χ0n) is 13.9. The number of hydrogen-bond donors (Lipinski definition) is 6. The van der Waals surface area contributed by atoms with Crippen LogP contribution in [0.25, 0.3) is 0 Å². The Morgan fingerprint density at radius 3 is 2.36 bits per heavy atom. The third kappa shape index (κ3) is 5.33. The molecule has 0 aliphatic carbocycles. The molecule has 25 heavy (non-hydrogen) atoms. The molecule has 0 aromatic carbocycles. The second kappa shape index (κ2) is 8.87. The van der Waals surface area contributed by atoms with Crippen molar-refractivity contribution in [2.45, 2.75) is 62.2 Å². The molecule has 0 unspecified atom stereocenters. The van der Waals surface area contributed by atoms with Crippen LogP contribution in [0.15, 0.2) is 4.58 Å². The fourth-order valence-corrected chi connectivity index (χ4v) is 2.87. The predicted octanol–water partition coefficient (Wildman–Crippen LogP) is -2.40. The van der Waals surface area contributed by atoms with Crippen molar-refractivity contribution in [2.75, 3.05) is 6.61 Å². The van der Waals surface area contributed by atoms with E-state index in [9.17, 15) is 29.8 Å². The van der Waals surface area contributed by atoms with Crippen LogP contribution in [0.5, 0.6) is 0 Å². The molecule has 6 atom stereocenters. The van der Waals surface area contributed by atoms with Gasteiger partial charge in [-0.1, -0.05) is 0 Å². The Balaban J connectivity index is 2.95. The SMILES string of the molecule is CC(=O)N[C@@H](C(=O)N[C@@H]1[C@@H](O)[C@H](O)[C@@H](CO)O[C@@H]1O)C(C)(C)SN=O. The molecule has 0 spiro atoms. The molecule has 1 aliphatic rings. The first-order valence-electron chi connectivity index (χ1n) is 7.44. The summed E-state index contributed by atoms with van der Waals surface area (Å²) in [6.45, 7) is 3.54. The smallest absolute Gasteiger partial charge is 0.244 e. The molecule has 0 radical (unpaired) electrons. The average molecular weight is 381 g/mol. The molecule has 1 aliphatic heterocycles. The van der Waals surface area contributed by atoms with E-state index >= 15 is 0 Å². The molecule has 0 aromatic rings. The fraction of sp³-hybridized carbons (Fsp3) is 0.846. The van der Waals surface area contributed by atoms with Gasteiger partial charge in [-0.3, -0.25) is 9.59 Å². The first kappa shape index (κ1) is 21.7. The van der Waals surface area contributed by atoms with Gasteiger partial charge in [0.15, 0.2) is 6.29 Å². The highest BCUT2D eigenvalue weighted by atomic mass is 32.2. The van der Waals surface area contributed by atoms with E-state index in [0.29, 0.717) is 11.9 Å². The molecule has 0 saturated carbocycles. The number of nitrogens with one attached hydrogen (secondary N) is 2. The first-order chi connectivity index (χ1) is 11.5. The third-order valence-corrected chi connectivity index (χ3v) is 4.57. The van der Waals surface area contributed by atoms with Crippen molar-refractivity contribution in [3.63, 3.8) is 0 Å². The number of nitroso groups, excluding NO2 is 1. The Hall–Kier alpha value is -1.31. The van der Waals surface area contributed by atoms with Gasteiger partial charge in [-0.25, -0.2) is 0 Å². The fourth-order valence-electron chi connectivity index (χ4n) is 2.41. The quantitative estimate of drug-likeness (QED) is 0.207. The van der Waals surface area contributed by atoms with Crippen molar-refractivity contribution in [3.05, 3.63) is 4.91 Å². The van der Waals surface area contributed by atoms with Gasteiger partial charge in [0.2, 0.25) is 11.8 Å². The number of ether oxygens (including phenoxy) is 1. The number of aliphatic hydroxyl groups is 4. The Morgan fingerprint density at radius 2 is 1.88 bits per heavy atom. The van der Waals surface area contributed by atoms with Crippen molar-refractivity contribution in [3.8, 4) is 0 Å². The highest BCUT2D eigenvalue weighted by Crippen LogP contribution is 2.29. The first-order valence-corrected chi connectivity index (χ1v) is 8.21. The highest BCUT2D eigenvalue weighted by molar-refractivity contribution is 7.99. The molecule has 11 nitrogen and oxygen atoms in total. The lowest BCUT2D eigenvalue weighted by Gasteiger charge is -2.41. The number of hydrogen-bond acceptors (Lipinski definition) is 10. The van der Waals surface area contributed by atoms with Crippen molar-refractivity contribution in [1.29, 1.82) is 0 Å². The lowest BCUT2D eigenvalue weighted by atomic mass is 9.95. The Labute approximate surface area is 148 Å². The summed E-state index contributed by atoms with van der Waals surface area (Å²) in [5.74, 6) is -1.36. The van der Waals surface area contributed by atoms with E-state index in [4.69, 9.17) is 9.84 Å². The van der Waals surface area contributed by atoms with E-state index < -0.39 is 59.9 Å². The largest absolute Gasteiger partial charge is 0.394 e. The minimum Gasteiger partial charge on any atom is -0.394 e. The van der Waals surface area contributed by atoms with Gasteiger partial charge in [-0.05, 0) is 13.8 Å². The summed E-state index contributed by atoms with van der Waals surface area (Å²) in [6, 6.07) is -2.63. The van der Waals surface area contributed by atoms with Gasteiger partial charge in [0.25, 0.3) is 0 Å². The summed E-state index contributed by atoms with van der Waals surface area (Å²) in [6.07, 6.45) is -6.08. The second-order valence-corrected chi connectivity index (χ2v) is 7.55. The summed E-state index contributed by atoms with van der Waals surface area (Å²) in [7, 11) is 0. The predicted molar refractivity (Wildman–Crippen MR) is 87.0 cm³/mol. The summed E-state index contributed by atoms with van der Waals surface area (Å²) in [5, 5.41) is 43.5. The Morgan fingerprint density at radius 1 is 1.28 bits per heavy atom. The molecule has 0 bridgehead atoms. The van der Waals surface area contributed by atoms with Crippen molar-refractivity contribution < 1.29 is 34.8 Å². The normalized spacial score (nSPS) is 31.1. The minimum absolute atomic E-state index is 0.535. The molecule has 1 heterocycles. The van der Waals surface area contributed by atoms with E-state index in [1.807, 2.05) is 0 Å². The van der Waals surface area contributed by atoms with E-state index in [-0.39, 0.29) is 0 Å². The molecule has 1 saturated heterocycles. The Kier molecular flexibility index (Phi) is 7.71. The summed E-state index contributed by atoms with van der Waals surface area (Å²) >= 11 is 0.535. The van der Waals surface area contributed by atoms with Gasteiger partial charge in [0, 0.05) is 23.5 Å². The summed E-state index contributed by atoms with van der Waals surface area (Å²) in [5.41, 5.74) is 0. The number of nitrogens with zero attached hydrogens (tertiary/aromatic N) is 1. The number of rotatable bonds is 7. The van der Waals surface area contributed by atoms with Gasteiger partial charge in [-0.15, -0.1) is 4.91 Å². The molecule has 144 valence electrons. The standard InChI is InChI=1S/C13H23N3O8S/c1-5(18)14-10(13(2,3)25-16-23)11(21)15-7-9(20)8(19)6(4-17)24-12(7)22/h6-10,12,17,19-20,22H,4H2,1-3H3,(H,14,18)(H,15,21)/t6-,7-,8-,9-,10+,12+/m1/s1. The van der Waals surface area contributed by atoms with Gasteiger partial charge in [0.1, 0.15) is 30.4 Å². The number of amides is 2. The van der Waals surface area contributed by atoms with Crippen LogP contribution < -0.4 is 10.6 Å². The molecular formula is C13H23N3O8S. The molecule has 1 rings (SSSR count). The minimum atomic E-state index is -1.70. The highest BCUT2D eigenvalue weighted by Gasteiger charge is 2.46. The van der Waals surface area contributed by atoms with Crippen molar-refractivity contribution >= 4 is 23.8 Å². The van der Waals surface area contributed by atoms with Crippen molar-refractivity contribution in [1.82, 2.24) is 10.6 Å². The van der Waals surface area contributed by atoms with Gasteiger partial charge < -0.3 is 35.8 Å². The van der Waals surface area contributed by atoms with E-state index in [1.165, 1.54) is 20.8 Å². The average Bonchev–Trinajstić information content (AvgIpc) is 2.52. The maximum Gasteiger partial charge on any atom is 0.244 e. The molecule has 2 amide bonds. The van der Waals surface area contributed by atoms with Crippen LogP contribution in [0.1, 0.15) is 20.8 Å². The maximum absolute atomic E-state index is 12.5. The van der Waals surface area contributed by atoms with Crippen LogP contribution in [-0.4, -0.2) is 80.3 Å². The van der Waals surface area contributed by atoms with E-state index in [1.54, 1.807) is 0 Å². The third-order valence-electron chi connectivity index (χ3n) is 3.79. The maximum atomic E-state index is 12.5. The van der Waals surface area contributed by atoms with Gasteiger partial charge in [-0.2, -0.15) is 0 Å².